The minimum atomic E-state index is -0.931. The zero-order valence-electron chi connectivity index (χ0n) is 12.0. The number of methoxy groups -OCH3 is 1. The van der Waals surface area contributed by atoms with Crippen LogP contribution in [0.2, 0.25) is 25.7 Å². The van der Waals surface area contributed by atoms with Crippen molar-refractivity contribution in [3.8, 4) is 0 Å². The van der Waals surface area contributed by atoms with E-state index in [-0.39, 0.29) is 5.54 Å². The standard InChI is InChI=1S/C13H30ClNOSi/c1-16-11-5-7-13(15,9-10-14)8-6-12-17(2,3)4/h5-12,15H2,1-4H3. The highest BCUT2D eigenvalue weighted by Crippen LogP contribution is 2.24. The highest BCUT2D eigenvalue weighted by atomic mass is 35.5. The van der Waals surface area contributed by atoms with Gasteiger partial charge < -0.3 is 10.5 Å². The van der Waals surface area contributed by atoms with Crippen molar-refractivity contribution in [2.45, 2.75) is 63.3 Å². The number of hydrogen-bond donors (Lipinski definition) is 1. The van der Waals surface area contributed by atoms with Crippen molar-refractivity contribution in [2.75, 3.05) is 19.6 Å². The highest BCUT2D eigenvalue weighted by molar-refractivity contribution is 6.76. The Labute approximate surface area is 113 Å². The lowest BCUT2D eigenvalue weighted by atomic mass is 9.87. The molecule has 17 heavy (non-hydrogen) atoms. The molecule has 0 rings (SSSR count). The molecule has 0 fully saturated rings. The van der Waals surface area contributed by atoms with Gasteiger partial charge in [0.25, 0.3) is 0 Å². The maximum absolute atomic E-state index is 6.45. The van der Waals surface area contributed by atoms with Gasteiger partial charge in [0.1, 0.15) is 0 Å². The molecule has 0 heterocycles. The molecule has 1 unspecified atom stereocenters. The maximum atomic E-state index is 6.45. The summed E-state index contributed by atoms with van der Waals surface area (Å²) in [4.78, 5) is 0. The van der Waals surface area contributed by atoms with Crippen molar-refractivity contribution in [2.24, 2.45) is 5.73 Å². The van der Waals surface area contributed by atoms with E-state index in [1.807, 2.05) is 0 Å². The van der Waals surface area contributed by atoms with E-state index in [0.717, 1.165) is 32.3 Å². The first kappa shape index (κ1) is 17.4. The lowest BCUT2D eigenvalue weighted by Crippen LogP contribution is -2.41. The van der Waals surface area contributed by atoms with Crippen LogP contribution in [0.3, 0.4) is 0 Å². The fraction of sp³-hybridized carbons (Fsp3) is 1.00. The SMILES string of the molecule is COCCCC(N)(CCCl)CCC[Si](C)(C)C. The van der Waals surface area contributed by atoms with Crippen LogP contribution in [0.15, 0.2) is 0 Å². The van der Waals surface area contributed by atoms with Crippen molar-refractivity contribution in [3.63, 3.8) is 0 Å². The van der Waals surface area contributed by atoms with Gasteiger partial charge in [-0.05, 0) is 25.7 Å². The van der Waals surface area contributed by atoms with Crippen LogP contribution in [0.25, 0.3) is 0 Å². The average Bonchev–Trinajstić information content (AvgIpc) is 2.16. The van der Waals surface area contributed by atoms with Crippen LogP contribution in [-0.2, 0) is 4.74 Å². The molecule has 0 spiro atoms. The number of alkyl halides is 1. The third-order valence-electron chi connectivity index (χ3n) is 3.22. The van der Waals surface area contributed by atoms with Gasteiger partial charge in [-0.3, -0.25) is 0 Å². The number of halogens is 1. The predicted molar refractivity (Wildman–Crippen MR) is 80.8 cm³/mol. The average molecular weight is 280 g/mol. The molecule has 0 amide bonds. The molecule has 0 aliphatic rings. The van der Waals surface area contributed by atoms with Crippen molar-refractivity contribution in [1.29, 1.82) is 0 Å². The van der Waals surface area contributed by atoms with E-state index in [2.05, 4.69) is 19.6 Å². The first-order chi connectivity index (χ1) is 7.83. The van der Waals surface area contributed by atoms with Crippen molar-refractivity contribution >= 4 is 19.7 Å². The molecule has 2 nitrogen and oxygen atoms in total. The van der Waals surface area contributed by atoms with E-state index < -0.39 is 8.07 Å². The molecular weight excluding hydrogens is 250 g/mol. The quantitative estimate of drug-likeness (QED) is 0.374. The van der Waals surface area contributed by atoms with Crippen LogP contribution in [0.1, 0.15) is 32.1 Å². The van der Waals surface area contributed by atoms with E-state index in [1.54, 1.807) is 7.11 Å². The number of ether oxygens (including phenoxy) is 1. The number of nitrogens with two attached hydrogens (primary N) is 1. The number of rotatable bonds is 10. The van der Waals surface area contributed by atoms with E-state index in [9.17, 15) is 0 Å². The van der Waals surface area contributed by atoms with Gasteiger partial charge in [0.15, 0.2) is 0 Å². The molecule has 104 valence electrons. The van der Waals surface area contributed by atoms with Crippen molar-refractivity contribution in [3.05, 3.63) is 0 Å². The summed E-state index contributed by atoms with van der Waals surface area (Å²) >= 11 is 5.86. The summed E-state index contributed by atoms with van der Waals surface area (Å²) in [6.45, 7) is 8.04. The summed E-state index contributed by atoms with van der Waals surface area (Å²) in [5.41, 5.74) is 6.38. The maximum Gasteiger partial charge on any atom is 0.0462 e. The molecule has 0 saturated carbocycles. The van der Waals surface area contributed by atoms with Gasteiger partial charge >= 0.3 is 0 Å². The van der Waals surface area contributed by atoms with Gasteiger partial charge in [0, 0.05) is 33.2 Å². The Morgan fingerprint density at radius 3 is 2.18 bits per heavy atom. The highest BCUT2D eigenvalue weighted by Gasteiger charge is 2.24. The zero-order chi connectivity index (χ0) is 13.4. The molecule has 1 atom stereocenters. The fourth-order valence-corrected chi connectivity index (χ4v) is 3.72. The molecule has 0 bridgehead atoms. The van der Waals surface area contributed by atoms with Crippen LogP contribution in [0, 0.1) is 0 Å². The second-order valence-corrected chi connectivity index (χ2v) is 12.3. The third kappa shape index (κ3) is 10.1. The summed E-state index contributed by atoms with van der Waals surface area (Å²) in [6.07, 6.45) is 5.34. The summed E-state index contributed by atoms with van der Waals surface area (Å²) < 4.78 is 5.09. The molecule has 2 N–H and O–H groups in total. The Morgan fingerprint density at radius 2 is 1.71 bits per heavy atom. The Hall–Kier alpha value is 0.427. The van der Waals surface area contributed by atoms with Gasteiger partial charge in [0.2, 0.25) is 0 Å². The minimum absolute atomic E-state index is 0.0695. The molecule has 0 radical (unpaired) electrons. The Balaban J connectivity index is 4.02. The summed E-state index contributed by atoms with van der Waals surface area (Å²) in [6, 6.07) is 1.36. The third-order valence-corrected chi connectivity index (χ3v) is 5.26. The summed E-state index contributed by atoms with van der Waals surface area (Å²) in [5, 5.41) is 0. The second kappa shape index (κ2) is 8.52. The largest absolute Gasteiger partial charge is 0.385 e. The fourth-order valence-electron chi connectivity index (χ4n) is 2.10. The van der Waals surface area contributed by atoms with Gasteiger partial charge in [0.05, 0.1) is 0 Å². The topological polar surface area (TPSA) is 35.2 Å². The lowest BCUT2D eigenvalue weighted by Gasteiger charge is -2.30. The van der Waals surface area contributed by atoms with Crippen LogP contribution >= 0.6 is 11.6 Å². The Kier molecular flexibility index (Phi) is 8.73. The first-order valence-corrected chi connectivity index (χ1v) is 10.9. The van der Waals surface area contributed by atoms with Crippen molar-refractivity contribution < 1.29 is 4.74 Å². The van der Waals surface area contributed by atoms with Crippen molar-refractivity contribution in [1.82, 2.24) is 0 Å². The number of hydrogen-bond acceptors (Lipinski definition) is 2. The first-order valence-electron chi connectivity index (χ1n) is 6.67. The molecular formula is C13H30ClNOSi. The molecule has 4 heteroatoms. The Bertz CT molecular complexity index is 196. The lowest BCUT2D eigenvalue weighted by molar-refractivity contribution is 0.180. The van der Waals surface area contributed by atoms with E-state index in [0.29, 0.717) is 5.88 Å². The Morgan fingerprint density at radius 1 is 1.12 bits per heavy atom. The van der Waals surface area contributed by atoms with Gasteiger partial charge in [-0.1, -0.05) is 32.1 Å². The molecule has 0 aromatic heterocycles. The second-order valence-electron chi connectivity index (χ2n) is 6.31. The van der Waals surface area contributed by atoms with Crippen LogP contribution in [0.4, 0.5) is 0 Å². The summed E-state index contributed by atoms with van der Waals surface area (Å²) in [7, 11) is 0.810. The van der Waals surface area contributed by atoms with Crippen LogP contribution in [-0.4, -0.2) is 33.2 Å². The van der Waals surface area contributed by atoms with Crippen LogP contribution in [0.5, 0.6) is 0 Å². The minimum Gasteiger partial charge on any atom is -0.385 e. The summed E-state index contributed by atoms with van der Waals surface area (Å²) in [5.74, 6) is 0.663. The zero-order valence-corrected chi connectivity index (χ0v) is 13.8. The normalized spacial score (nSPS) is 15.9. The van der Waals surface area contributed by atoms with E-state index in [1.165, 1.54) is 12.5 Å². The molecule has 0 aliphatic carbocycles. The van der Waals surface area contributed by atoms with Gasteiger partial charge in [-0.25, -0.2) is 0 Å². The smallest absolute Gasteiger partial charge is 0.0462 e. The monoisotopic (exact) mass is 279 g/mol. The molecule has 0 saturated heterocycles. The molecule has 0 aliphatic heterocycles. The van der Waals surface area contributed by atoms with E-state index in [4.69, 9.17) is 22.1 Å². The van der Waals surface area contributed by atoms with E-state index >= 15 is 0 Å². The van der Waals surface area contributed by atoms with Crippen LogP contribution < -0.4 is 5.73 Å². The predicted octanol–water partition coefficient (Wildman–Crippen LogP) is 3.86. The van der Waals surface area contributed by atoms with Gasteiger partial charge in [-0.15, -0.1) is 11.6 Å². The van der Waals surface area contributed by atoms with Gasteiger partial charge in [-0.2, -0.15) is 0 Å². The molecule has 0 aromatic carbocycles. The molecule has 0 aromatic rings.